The van der Waals surface area contributed by atoms with Crippen molar-refractivity contribution in [2.75, 3.05) is 33.2 Å². The molecule has 0 spiro atoms. The molecule has 0 unspecified atom stereocenters. The summed E-state index contributed by atoms with van der Waals surface area (Å²) < 4.78 is 1.91. The summed E-state index contributed by atoms with van der Waals surface area (Å²) in [5.41, 5.74) is 3.48. The standard InChI is InChI=1S/C16H24N6O/c1-12-9-13(2)22(19-12)11-14-10-15(18-17-14)16(23)21-6-4-5-20(3)7-8-21/h9-10H,4-8,11H2,1-3H3,(H,17,18). The van der Waals surface area contributed by atoms with Crippen molar-refractivity contribution in [2.24, 2.45) is 0 Å². The molecule has 0 atom stereocenters. The van der Waals surface area contributed by atoms with Gasteiger partial charge in [0, 0.05) is 25.3 Å². The predicted octanol–water partition coefficient (Wildman–Crippen LogP) is 1.05. The van der Waals surface area contributed by atoms with Crippen LogP contribution in [0, 0.1) is 13.8 Å². The number of amides is 1. The number of hydrogen-bond donors (Lipinski definition) is 1. The summed E-state index contributed by atoms with van der Waals surface area (Å²) in [6.45, 7) is 8.10. The number of aromatic nitrogens is 4. The third-order valence-electron chi connectivity index (χ3n) is 4.28. The number of H-pyrrole nitrogens is 1. The van der Waals surface area contributed by atoms with Gasteiger partial charge in [-0.05, 0) is 46.0 Å². The highest BCUT2D eigenvalue weighted by atomic mass is 16.2. The van der Waals surface area contributed by atoms with Crippen LogP contribution >= 0.6 is 0 Å². The normalized spacial score (nSPS) is 16.6. The van der Waals surface area contributed by atoms with Gasteiger partial charge in [0.05, 0.1) is 17.9 Å². The van der Waals surface area contributed by atoms with E-state index in [1.807, 2.05) is 35.6 Å². The molecule has 2 aromatic heterocycles. The Morgan fingerprint density at radius 2 is 2.04 bits per heavy atom. The van der Waals surface area contributed by atoms with Crippen LogP contribution < -0.4 is 0 Å². The number of nitrogens with zero attached hydrogens (tertiary/aromatic N) is 5. The molecule has 7 heteroatoms. The lowest BCUT2D eigenvalue weighted by molar-refractivity contribution is 0.0757. The molecule has 0 aliphatic carbocycles. The van der Waals surface area contributed by atoms with Crippen LogP contribution in [0.4, 0.5) is 0 Å². The zero-order valence-electron chi connectivity index (χ0n) is 14.0. The van der Waals surface area contributed by atoms with E-state index in [4.69, 9.17) is 0 Å². The third-order valence-corrected chi connectivity index (χ3v) is 4.28. The number of carbonyl (C=O) groups is 1. The topological polar surface area (TPSA) is 70.1 Å². The van der Waals surface area contributed by atoms with Crippen LogP contribution in [0.1, 0.15) is 34.0 Å². The van der Waals surface area contributed by atoms with E-state index in [0.717, 1.165) is 49.7 Å². The molecule has 2 aromatic rings. The minimum Gasteiger partial charge on any atom is -0.336 e. The Morgan fingerprint density at radius 3 is 2.78 bits per heavy atom. The van der Waals surface area contributed by atoms with Crippen LogP contribution in [0.2, 0.25) is 0 Å². The van der Waals surface area contributed by atoms with Crippen molar-refractivity contribution in [3.63, 3.8) is 0 Å². The number of hydrogen-bond acceptors (Lipinski definition) is 4. The Kier molecular flexibility index (Phi) is 4.47. The molecular weight excluding hydrogens is 292 g/mol. The molecule has 3 heterocycles. The molecule has 1 aliphatic rings. The SMILES string of the molecule is Cc1cc(C)n(Cc2cc(C(=O)N3CCCN(C)CC3)n[nH]2)n1. The molecule has 0 saturated carbocycles. The van der Waals surface area contributed by atoms with Gasteiger partial charge in [-0.25, -0.2) is 0 Å². The lowest BCUT2D eigenvalue weighted by Crippen LogP contribution is -2.34. The first-order valence-corrected chi connectivity index (χ1v) is 8.06. The van der Waals surface area contributed by atoms with Crippen LogP contribution in [0.25, 0.3) is 0 Å². The average Bonchev–Trinajstić information content (AvgIpc) is 3.02. The maximum Gasteiger partial charge on any atom is 0.274 e. The second-order valence-electron chi connectivity index (χ2n) is 6.31. The lowest BCUT2D eigenvalue weighted by Gasteiger charge is -2.19. The summed E-state index contributed by atoms with van der Waals surface area (Å²) in [6, 6.07) is 3.88. The van der Waals surface area contributed by atoms with Gasteiger partial charge >= 0.3 is 0 Å². The molecule has 0 aromatic carbocycles. The Labute approximate surface area is 136 Å². The van der Waals surface area contributed by atoms with Crippen molar-refractivity contribution >= 4 is 5.91 Å². The van der Waals surface area contributed by atoms with E-state index in [-0.39, 0.29) is 5.91 Å². The van der Waals surface area contributed by atoms with E-state index in [9.17, 15) is 4.79 Å². The van der Waals surface area contributed by atoms with E-state index in [0.29, 0.717) is 12.2 Å². The summed E-state index contributed by atoms with van der Waals surface area (Å²) in [5, 5.41) is 11.6. The second-order valence-corrected chi connectivity index (χ2v) is 6.31. The Hall–Kier alpha value is -2.15. The summed E-state index contributed by atoms with van der Waals surface area (Å²) in [7, 11) is 2.09. The Balaban J connectivity index is 1.68. The highest BCUT2D eigenvalue weighted by molar-refractivity contribution is 5.92. The van der Waals surface area contributed by atoms with Crippen molar-refractivity contribution < 1.29 is 4.79 Å². The quantitative estimate of drug-likeness (QED) is 0.919. The van der Waals surface area contributed by atoms with Gasteiger partial charge in [0.15, 0.2) is 0 Å². The number of rotatable bonds is 3. The molecule has 1 amide bonds. The molecule has 7 nitrogen and oxygen atoms in total. The highest BCUT2D eigenvalue weighted by Gasteiger charge is 2.21. The van der Waals surface area contributed by atoms with Gasteiger partial charge in [0.25, 0.3) is 5.91 Å². The largest absolute Gasteiger partial charge is 0.336 e. The fourth-order valence-electron chi connectivity index (χ4n) is 2.96. The van der Waals surface area contributed by atoms with E-state index in [1.54, 1.807) is 0 Å². The molecule has 1 saturated heterocycles. The van der Waals surface area contributed by atoms with Gasteiger partial charge in [0.2, 0.25) is 0 Å². The zero-order chi connectivity index (χ0) is 16.4. The Morgan fingerprint density at radius 1 is 1.22 bits per heavy atom. The van der Waals surface area contributed by atoms with Gasteiger partial charge in [-0.3, -0.25) is 14.6 Å². The first-order valence-electron chi connectivity index (χ1n) is 8.06. The van der Waals surface area contributed by atoms with Crippen molar-refractivity contribution in [3.05, 3.63) is 34.9 Å². The summed E-state index contributed by atoms with van der Waals surface area (Å²) >= 11 is 0. The van der Waals surface area contributed by atoms with E-state index >= 15 is 0 Å². The van der Waals surface area contributed by atoms with Crippen LogP contribution in [0.3, 0.4) is 0 Å². The van der Waals surface area contributed by atoms with Crippen molar-refractivity contribution in [2.45, 2.75) is 26.8 Å². The summed E-state index contributed by atoms with van der Waals surface area (Å²) in [4.78, 5) is 16.8. The number of nitrogens with one attached hydrogen (secondary N) is 1. The van der Waals surface area contributed by atoms with Gasteiger partial charge in [-0.15, -0.1) is 0 Å². The fraction of sp³-hybridized carbons (Fsp3) is 0.562. The van der Waals surface area contributed by atoms with Crippen LogP contribution in [-0.4, -0.2) is 68.9 Å². The smallest absolute Gasteiger partial charge is 0.274 e. The maximum absolute atomic E-state index is 12.6. The molecular formula is C16H24N6O. The van der Waals surface area contributed by atoms with Crippen LogP contribution in [0.5, 0.6) is 0 Å². The molecule has 3 rings (SSSR count). The first kappa shape index (κ1) is 15.7. The minimum absolute atomic E-state index is 0.0103. The van der Waals surface area contributed by atoms with Crippen LogP contribution in [-0.2, 0) is 6.54 Å². The number of aryl methyl sites for hydroxylation is 2. The molecule has 0 bridgehead atoms. The first-order chi connectivity index (χ1) is 11.0. The third kappa shape index (κ3) is 3.61. The summed E-state index contributed by atoms with van der Waals surface area (Å²) in [5.74, 6) is 0.0103. The molecule has 1 aliphatic heterocycles. The number of carbonyl (C=O) groups excluding carboxylic acids is 1. The Bertz CT molecular complexity index is 689. The average molecular weight is 316 g/mol. The molecule has 1 N–H and O–H groups in total. The predicted molar refractivity (Wildman–Crippen MR) is 87.4 cm³/mol. The molecule has 0 radical (unpaired) electrons. The number of aromatic amines is 1. The maximum atomic E-state index is 12.6. The van der Waals surface area contributed by atoms with Gasteiger partial charge in [0.1, 0.15) is 5.69 Å². The van der Waals surface area contributed by atoms with Crippen molar-refractivity contribution in [3.8, 4) is 0 Å². The monoisotopic (exact) mass is 316 g/mol. The fourth-order valence-corrected chi connectivity index (χ4v) is 2.96. The number of likely N-dealkylation sites (N-methyl/N-ethyl adjacent to an activating group) is 1. The van der Waals surface area contributed by atoms with Crippen LogP contribution in [0.15, 0.2) is 12.1 Å². The molecule has 124 valence electrons. The van der Waals surface area contributed by atoms with Gasteiger partial charge in [-0.2, -0.15) is 10.2 Å². The second kappa shape index (κ2) is 6.54. The minimum atomic E-state index is 0.0103. The summed E-state index contributed by atoms with van der Waals surface area (Å²) in [6.07, 6.45) is 1.01. The van der Waals surface area contributed by atoms with E-state index in [1.165, 1.54) is 0 Å². The van der Waals surface area contributed by atoms with Gasteiger partial charge in [-0.1, -0.05) is 0 Å². The van der Waals surface area contributed by atoms with Crippen molar-refractivity contribution in [1.82, 2.24) is 29.8 Å². The lowest BCUT2D eigenvalue weighted by atomic mass is 10.3. The highest BCUT2D eigenvalue weighted by Crippen LogP contribution is 2.10. The van der Waals surface area contributed by atoms with Gasteiger partial charge < -0.3 is 9.80 Å². The molecule has 1 fully saturated rings. The molecule has 23 heavy (non-hydrogen) atoms. The van der Waals surface area contributed by atoms with E-state index in [2.05, 4.69) is 27.2 Å². The van der Waals surface area contributed by atoms with Crippen molar-refractivity contribution in [1.29, 1.82) is 0 Å². The van der Waals surface area contributed by atoms with E-state index < -0.39 is 0 Å². The zero-order valence-corrected chi connectivity index (χ0v) is 14.0.